The van der Waals surface area contributed by atoms with Gasteiger partial charge in [-0.25, -0.2) is 9.97 Å². The second-order valence-electron chi connectivity index (χ2n) is 37.5. The van der Waals surface area contributed by atoms with Crippen LogP contribution in [-0.2, 0) is 0 Å². The molecule has 20 aromatic carbocycles. The monoisotopic (exact) mass is 1940 g/mol. The minimum atomic E-state index is 0.479. The summed E-state index contributed by atoms with van der Waals surface area (Å²) in [4.78, 5) is 20.2. The standard InChI is InChI=1S/C132H110N4O12/c1-13-137-109-65-97(81-41-45-89-113(141-17-5)69-117(145-21-9)93-53-49-85(109)125(81)129(89)93)73-25-33-77(34-26-73)121-101-57-59-103(133-101)122(78-35-27-74(28-36-78)98-66-110(138-14-2)86-50-54-94-118(146-22-10)70-114(142-18-6)90-46-42-82(98)126(86)130(90)94)105-61-63-107(135-105)124(80-39-31-76(32-40-80)100-68-112(140-16-4)88-52-56-96-120(148-24-12)72-116(144-20-8)92-48-44-84(100)128(88)132(92)96)108-64-62-106(136-108)123(104-60-58-102(121)134-104)79-37-29-75(30-38-79)99-67-111(139-15-3)87-51-55-95-119(147-23-11)71-115(143-19-7)91-47-43-83(99)127(87)131(91)95/h25-72,133,136H,13-24H2,1-12H3. The lowest BCUT2D eigenvalue weighted by atomic mass is 9.88. The molecule has 5 heterocycles. The highest BCUT2D eigenvalue weighted by Crippen LogP contribution is 2.56. The van der Waals surface area contributed by atoms with Crippen molar-refractivity contribution in [1.29, 1.82) is 0 Å². The molecule has 0 aliphatic carbocycles. The van der Waals surface area contributed by atoms with Crippen LogP contribution in [0.25, 0.3) is 265 Å². The molecule has 25 rings (SSSR count). The van der Waals surface area contributed by atoms with Crippen LogP contribution < -0.4 is 56.8 Å². The summed E-state index contributed by atoms with van der Waals surface area (Å²) in [6, 6.07) is 96.9. The van der Waals surface area contributed by atoms with Gasteiger partial charge >= 0.3 is 0 Å². The first-order chi connectivity index (χ1) is 72.8. The van der Waals surface area contributed by atoms with Crippen molar-refractivity contribution in [3.63, 3.8) is 0 Å². The summed E-state index contributed by atoms with van der Waals surface area (Å²) < 4.78 is 78.2. The molecule has 0 amide bonds. The lowest BCUT2D eigenvalue weighted by molar-refractivity contribution is 0.328. The molecule has 16 heteroatoms. The zero-order chi connectivity index (χ0) is 100. The molecule has 0 spiro atoms. The van der Waals surface area contributed by atoms with Gasteiger partial charge in [0, 0.05) is 176 Å². The molecule has 23 aromatic rings. The highest BCUT2D eigenvalue weighted by Gasteiger charge is 2.31. The summed E-state index contributed by atoms with van der Waals surface area (Å²) in [5, 5.41) is 25.2. The number of hydrogen-bond donors (Lipinski definition) is 2. The maximum absolute atomic E-state index is 6.68. The lowest BCUT2D eigenvalue weighted by Crippen LogP contribution is -1.99. The number of nitrogens with one attached hydrogen (secondary N) is 2. The molecule has 148 heavy (non-hydrogen) atoms. The third-order valence-electron chi connectivity index (χ3n) is 29.4. The van der Waals surface area contributed by atoms with Crippen molar-refractivity contribution in [2.45, 2.75) is 83.1 Å². The fraction of sp³-hybridized carbons (Fsp3) is 0.182. The van der Waals surface area contributed by atoms with Gasteiger partial charge in [0.1, 0.15) is 69.0 Å². The Kier molecular flexibility index (Phi) is 23.4. The molecule has 3 aromatic heterocycles. The molecule has 0 fully saturated rings. The summed E-state index contributed by atoms with van der Waals surface area (Å²) >= 11 is 0. The number of aromatic amines is 2. The molecule has 2 aliphatic heterocycles. The van der Waals surface area contributed by atoms with Crippen LogP contribution in [0.4, 0.5) is 0 Å². The van der Waals surface area contributed by atoms with Gasteiger partial charge in [0.25, 0.3) is 0 Å². The smallest absolute Gasteiger partial charge is 0.130 e. The van der Waals surface area contributed by atoms with Crippen molar-refractivity contribution in [1.82, 2.24) is 19.9 Å². The van der Waals surface area contributed by atoms with Crippen LogP contribution in [0, 0.1) is 0 Å². The molecular weight excluding hydrogens is 1830 g/mol. The van der Waals surface area contributed by atoms with Crippen molar-refractivity contribution >= 4 is 176 Å². The summed E-state index contributed by atoms with van der Waals surface area (Å²) in [6.07, 6.45) is 8.72. The molecule has 0 saturated heterocycles. The van der Waals surface area contributed by atoms with Crippen molar-refractivity contribution in [2.75, 3.05) is 79.3 Å². The maximum Gasteiger partial charge on any atom is 0.130 e. The van der Waals surface area contributed by atoms with E-state index in [2.05, 4.69) is 277 Å². The quantitative estimate of drug-likeness (QED) is 0.0382. The van der Waals surface area contributed by atoms with Crippen molar-refractivity contribution in [3.8, 4) is 158 Å². The van der Waals surface area contributed by atoms with Gasteiger partial charge in [0.2, 0.25) is 0 Å². The number of fused-ring (bicyclic) bond motifs is 8. The molecule has 16 nitrogen and oxygen atoms in total. The third kappa shape index (κ3) is 15.0. The number of hydrogen-bond acceptors (Lipinski definition) is 14. The van der Waals surface area contributed by atoms with E-state index in [1.807, 2.05) is 107 Å². The van der Waals surface area contributed by atoms with Gasteiger partial charge in [-0.15, -0.1) is 0 Å². The van der Waals surface area contributed by atoms with Crippen molar-refractivity contribution < 1.29 is 56.8 Å². The Morgan fingerprint density at radius 1 is 0.155 bits per heavy atom. The molecule has 0 saturated carbocycles. The van der Waals surface area contributed by atoms with Crippen molar-refractivity contribution in [2.24, 2.45) is 0 Å². The Bertz CT molecular complexity index is 8310. The molecule has 0 radical (unpaired) electrons. The normalized spacial score (nSPS) is 12.2. The number of aromatic nitrogens is 4. The van der Waals surface area contributed by atoms with Crippen LogP contribution in [0.1, 0.15) is 106 Å². The van der Waals surface area contributed by atoms with E-state index in [0.29, 0.717) is 79.3 Å². The van der Waals surface area contributed by atoms with Gasteiger partial charge < -0.3 is 66.8 Å². The van der Waals surface area contributed by atoms with Gasteiger partial charge in [-0.2, -0.15) is 0 Å². The Labute approximate surface area is 856 Å². The first kappa shape index (κ1) is 91.9. The van der Waals surface area contributed by atoms with E-state index < -0.39 is 0 Å². The molecule has 0 atom stereocenters. The summed E-state index contributed by atoms with van der Waals surface area (Å²) in [5.74, 6) is 9.44. The average molecular weight is 1940 g/mol. The Hall–Kier alpha value is -17.2. The van der Waals surface area contributed by atoms with E-state index in [1.165, 1.54) is 0 Å². The second-order valence-corrected chi connectivity index (χ2v) is 37.5. The van der Waals surface area contributed by atoms with Gasteiger partial charge in [-0.3, -0.25) is 0 Å². The minimum Gasteiger partial charge on any atom is -0.493 e. The van der Waals surface area contributed by atoms with E-state index in [4.69, 9.17) is 66.8 Å². The summed E-state index contributed by atoms with van der Waals surface area (Å²) in [7, 11) is 0. The molecule has 0 unspecified atom stereocenters. The number of nitrogens with zero attached hydrogens (tertiary/aromatic N) is 2. The zero-order valence-corrected chi connectivity index (χ0v) is 85.0. The molecule has 730 valence electrons. The van der Waals surface area contributed by atoms with Gasteiger partial charge in [-0.05, 0) is 317 Å². The predicted octanol–water partition coefficient (Wildman–Crippen LogP) is 34.4. The average Bonchev–Trinajstić information content (AvgIpc) is 0.952. The lowest BCUT2D eigenvalue weighted by Gasteiger charge is -2.20. The molecule has 2 N–H and O–H groups in total. The third-order valence-corrected chi connectivity index (χ3v) is 29.4. The van der Waals surface area contributed by atoms with Crippen LogP contribution in [0.3, 0.4) is 0 Å². The summed E-state index contributed by atoms with van der Waals surface area (Å²) in [5.41, 5.74) is 22.0. The van der Waals surface area contributed by atoms with Crippen LogP contribution in [-0.4, -0.2) is 99.2 Å². The largest absolute Gasteiger partial charge is 0.493 e. The van der Waals surface area contributed by atoms with E-state index in [1.54, 1.807) is 0 Å². The van der Waals surface area contributed by atoms with Crippen LogP contribution in [0.2, 0.25) is 0 Å². The van der Waals surface area contributed by atoms with E-state index in [9.17, 15) is 0 Å². The van der Waals surface area contributed by atoms with Crippen LogP contribution in [0.5, 0.6) is 69.0 Å². The Morgan fingerprint density at radius 3 is 0.446 bits per heavy atom. The fourth-order valence-corrected chi connectivity index (χ4v) is 23.5. The van der Waals surface area contributed by atoms with Crippen LogP contribution in [0.15, 0.2) is 267 Å². The molecule has 8 bridgehead atoms. The first-order valence-corrected chi connectivity index (χ1v) is 52.1. The predicted molar refractivity (Wildman–Crippen MR) is 611 cm³/mol. The van der Waals surface area contributed by atoms with Gasteiger partial charge in [-0.1, -0.05) is 121 Å². The number of rotatable bonds is 32. The number of H-pyrrole nitrogens is 2. The zero-order valence-electron chi connectivity index (χ0n) is 85.0. The van der Waals surface area contributed by atoms with Gasteiger partial charge in [0.05, 0.1) is 102 Å². The van der Waals surface area contributed by atoms with E-state index in [0.717, 1.165) is 332 Å². The number of benzene rings is 20. The summed E-state index contributed by atoms with van der Waals surface area (Å²) in [6.45, 7) is 30.3. The van der Waals surface area contributed by atoms with Crippen LogP contribution >= 0.6 is 0 Å². The number of ether oxygens (including phenoxy) is 12. The molecular formula is C132H110N4O12. The van der Waals surface area contributed by atoms with Gasteiger partial charge in [0.15, 0.2) is 0 Å². The highest BCUT2D eigenvalue weighted by atomic mass is 16.5. The first-order valence-electron chi connectivity index (χ1n) is 52.1. The Balaban J connectivity index is 0.723. The van der Waals surface area contributed by atoms with E-state index in [-0.39, 0.29) is 0 Å². The second kappa shape index (κ2) is 37.7. The highest BCUT2D eigenvalue weighted by molar-refractivity contribution is 6.33. The van der Waals surface area contributed by atoms with E-state index >= 15 is 0 Å². The SMILES string of the molecule is CCOc1cc(OCC)c2ccc3c(-c4ccc(-c5c6nc(c(-c7ccc(-c8cc(OCC)c9ccc%10c(OCC)cc(OCC)c%11ccc8c9c%10%11)cc7)c7ccc([nH]7)c(-c7ccc(-c8cc(OCC)c9ccc%10c(OCC)cc(OCC)c%11ccc8c9c%10%11)cc7)c7nc(c(-c8ccc(-c9cc(OCC)c%10ccc%11c(OCC)cc(OCC)c%12ccc9c%10c%11%12)cc8)c8ccc5[nH]8)C=C7)C=C6)cc4)cc(OCC)c4ccc1c2c43. The maximum atomic E-state index is 6.68. The minimum absolute atomic E-state index is 0.479. The fourth-order valence-electron chi connectivity index (χ4n) is 23.5. The van der Waals surface area contributed by atoms with Crippen molar-refractivity contribution in [3.05, 3.63) is 290 Å². The topological polar surface area (TPSA) is 168 Å². The molecule has 2 aliphatic rings. The Morgan fingerprint density at radius 2 is 0.291 bits per heavy atom.